The average Bonchev–Trinajstić information content (AvgIpc) is 2.99. The molecule has 2 atom stereocenters. The lowest BCUT2D eigenvalue weighted by Gasteiger charge is -2.37. The monoisotopic (exact) mass is 353 g/mol. The SMILES string of the molecule is CCNC(=O)N1CC[C@@H](C)[C@@H](c2cn(O)c3ncc4c(c23)C=C[B]O4)C1. The molecule has 2 aromatic heterocycles. The van der Waals surface area contributed by atoms with Crippen molar-refractivity contribution in [1.82, 2.24) is 19.9 Å². The largest absolute Gasteiger partial charge is 0.557 e. The van der Waals surface area contributed by atoms with E-state index >= 15 is 0 Å². The van der Waals surface area contributed by atoms with Crippen LogP contribution < -0.4 is 9.97 Å². The lowest BCUT2D eigenvalue weighted by atomic mass is 9.81. The molecule has 8 heteroatoms. The van der Waals surface area contributed by atoms with Gasteiger partial charge in [0, 0.05) is 36.5 Å². The van der Waals surface area contributed by atoms with Crippen LogP contribution in [0.1, 0.15) is 37.3 Å². The third-order valence-corrected chi connectivity index (χ3v) is 5.34. The molecular weight excluding hydrogens is 331 g/mol. The molecule has 0 unspecified atom stereocenters. The van der Waals surface area contributed by atoms with Crippen molar-refractivity contribution in [2.45, 2.75) is 26.2 Å². The molecule has 0 aliphatic carbocycles. The van der Waals surface area contributed by atoms with Crippen molar-refractivity contribution in [1.29, 1.82) is 0 Å². The number of hydrogen-bond donors (Lipinski definition) is 2. The normalized spacial score (nSPS) is 21.8. The molecule has 4 rings (SSSR count). The van der Waals surface area contributed by atoms with Crippen LogP contribution in [0, 0.1) is 5.92 Å². The summed E-state index contributed by atoms with van der Waals surface area (Å²) in [6, 6.07) is -0.0323. The van der Waals surface area contributed by atoms with Crippen LogP contribution in [0.4, 0.5) is 4.79 Å². The van der Waals surface area contributed by atoms with E-state index in [0.717, 1.165) is 34.2 Å². The number of aromatic nitrogens is 2. The molecule has 2 amide bonds. The number of piperidine rings is 1. The Kier molecular flexibility index (Phi) is 4.26. The highest BCUT2D eigenvalue weighted by Crippen LogP contribution is 2.40. The highest BCUT2D eigenvalue weighted by molar-refractivity contribution is 6.38. The fraction of sp³-hybridized carbons (Fsp3) is 0.444. The Hall–Kier alpha value is -2.64. The highest BCUT2D eigenvalue weighted by Gasteiger charge is 2.33. The van der Waals surface area contributed by atoms with Crippen molar-refractivity contribution in [2.24, 2.45) is 5.92 Å². The zero-order valence-corrected chi connectivity index (χ0v) is 15.0. The number of nitrogens with zero attached hydrogens (tertiary/aromatic N) is 3. The Labute approximate surface area is 152 Å². The van der Waals surface area contributed by atoms with Crippen LogP contribution in [-0.2, 0) is 0 Å². The molecular formula is C18H22BN4O3. The number of nitrogens with one attached hydrogen (secondary N) is 1. The predicted molar refractivity (Wildman–Crippen MR) is 99.5 cm³/mol. The van der Waals surface area contributed by atoms with Crippen molar-refractivity contribution < 1.29 is 14.7 Å². The van der Waals surface area contributed by atoms with E-state index < -0.39 is 0 Å². The van der Waals surface area contributed by atoms with Crippen molar-refractivity contribution in [3.8, 4) is 5.75 Å². The molecule has 0 spiro atoms. The van der Waals surface area contributed by atoms with Crippen molar-refractivity contribution in [2.75, 3.05) is 19.6 Å². The van der Waals surface area contributed by atoms with Gasteiger partial charge in [0.15, 0.2) is 5.65 Å². The maximum absolute atomic E-state index is 12.3. The molecule has 2 N–H and O–H groups in total. The van der Waals surface area contributed by atoms with Gasteiger partial charge in [0.2, 0.25) is 0 Å². The molecule has 135 valence electrons. The van der Waals surface area contributed by atoms with E-state index in [1.165, 1.54) is 0 Å². The number of rotatable bonds is 2. The number of hydrogen-bond acceptors (Lipinski definition) is 4. The molecule has 7 nitrogen and oxygen atoms in total. The molecule has 26 heavy (non-hydrogen) atoms. The van der Waals surface area contributed by atoms with E-state index in [2.05, 4.69) is 17.2 Å². The molecule has 1 radical (unpaired) electrons. The third kappa shape index (κ3) is 2.69. The number of urea groups is 1. The maximum Gasteiger partial charge on any atom is 0.401 e. The fourth-order valence-electron chi connectivity index (χ4n) is 3.92. The van der Waals surface area contributed by atoms with E-state index in [9.17, 15) is 10.0 Å². The number of carbonyl (C=O) groups is 1. The van der Waals surface area contributed by atoms with E-state index in [0.29, 0.717) is 30.4 Å². The molecule has 0 saturated carbocycles. The Morgan fingerprint density at radius 2 is 2.38 bits per heavy atom. The van der Waals surface area contributed by atoms with Crippen LogP contribution >= 0.6 is 0 Å². The van der Waals surface area contributed by atoms with E-state index in [-0.39, 0.29) is 11.9 Å². The summed E-state index contributed by atoms with van der Waals surface area (Å²) < 4.78 is 6.64. The number of carbonyl (C=O) groups excluding carboxylic acids is 1. The Morgan fingerprint density at radius 3 is 3.19 bits per heavy atom. The predicted octanol–water partition coefficient (Wildman–Crippen LogP) is 2.41. The topological polar surface area (TPSA) is 79.6 Å². The second kappa shape index (κ2) is 6.59. The first-order valence-electron chi connectivity index (χ1n) is 9.02. The standard InChI is InChI=1S/C18H22BN4O3/c1-3-20-18(24)22-7-5-11(2)13(9-22)14-10-23(25)17-16(14)12-4-6-19-26-15(12)8-21-17/h4,6,8,10-11,13,25H,3,5,7,9H2,1-2H3,(H,20,24)/t11-,13+/m1/s1. The molecule has 2 aliphatic rings. The van der Waals surface area contributed by atoms with Crippen LogP contribution in [-0.4, -0.2) is 53.0 Å². The smallest absolute Gasteiger partial charge is 0.401 e. The molecule has 0 bridgehead atoms. The van der Waals surface area contributed by atoms with Gasteiger partial charge in [0.1, 0.15) is 5.75 Å². The van der Waals surface area contributed by atoms with Gasteiger partial charge in [0.05, 0.1) is 12.4 Å². The van der Waals surface area contributed by atoms with Crippen molar-refractivity contribution >= 4 is 30.6 Å². The minimum atomic E-state index is -0.0323. The number of amides is 2. The first-order valence-corrected chi connectivity index (χ1v) is 9.02. The minimum absolute atomic E-state index is 0.0323. The molecule has 0 aromatic carbocycles. The molecule has 1 fully saturated rings. The van der Waals surface area contributed by atoms with Gasteiger partial charge in [0.25, 0.3) is 0 Å². The van der Waals surface area contributed by atoms with Crippen LogP contribution in [0.25, 0.3) is 17.1 Å². The second-order valence-electron chi connectivity index (χ2n) is 6.93. The summed E-state index contributed by atoms with van der Waals surface area (Å²) in [4.78, 5) is 18.5. The van der Waals surface area contributed by atoms with Gasteiger partial charge >= 0.3 is 13.5 Å². The summed E-state index contributed by atoms with van der Waals surface area (Å²) >= 11 is 0. The lowest BCUT2D eigenvalue weighted by molar-refractivity contribution is 0.161. The zero-order valence-electron chi connectivity index (χ0n) is 15.0. The van der Waals surface area contributed by atoms with E-state index in [4.69, 9.17) is 4.65 Å². The van der Waals surface area contributed by atoms with Gasteiger partial charge < -0.3 is 20.1 Å². The van der Waals surface area contributed by atoms with Crippen LogP contribution in [0.2, 0.25) is 0 Å². The summed E-state index contributed by atoms with van der Waals surface area (Å²) in [5.41, 5.74) is 2.43. The van der Waals surface area contributed by atoms with Crippen LogP contribution in [0.15, 0.2) is 18.4 Å². The number of fused-ring (bicyclic) bond motifs is 3. The quantitative estimate of drug-likeness (QED) is 0.642. The van der Waals surface area contributed by atoms with Gasteiger partial charge in [-0.15, -0.1) is 0 Å². The number of likely N-dealkylation sites (tertiary alicyclic amines) is 1. The summed E-state index contributed by atoms with van der Waals surface area (Å²) in [6.07, 6.45) is 6.25. The Bertz CT molecular complexity index is 879. The summed E-state index contributed by atoms with van der Waals surface area (Å²) in [5, 5.41) is 14.1. The Balaban J connectivity index is 1.78. The van der Waals surface area contributed by atoms with Gasteiger partial charge in [-0.3, -0.25) is 0 Å². The molecule has 2 aliphatic heterocycles. The average molecular weight is 353 g/mol. The third-order valence-electron chi connectivity index (χ3n) is 5.34. The van der Waals surface area contributed by atoms with Crippen LogP contribution in [0.3, 0.4) is 0 Å². The van der Waals surface area contributed by atoms with Gasteiger partial charge in [-0.1, -0.05) is 19.0 Å². The van der Waals surface area contributed by atoms with Gasteiger partial charge in [-0.25, -0.2) is 9.78 Å². The van der Waals surface area contributed by atoms with Crippen LogP contribution in [0.5, 0.6) is 5.75 Å². The zero-order chi connectivity index (χ0) is 18.3. The molecule has 1 saturated heterocycles. The van der Waals surface area contributed by atoms with Gasteiger partial charge in [-0.2, -0.15) is 4.73 Å². The van der Waals surface area contributed by atoms with Crippen molar-refractivity contribution in [3.63, 3.8) is 0 Å². The second-order valence-corrected chi connectivity index (χ2v) is 6.93. The summed E-state index contributed by atoms with van der Waals surface area (Å²) in [5.74, 6) is 3.03. The first-order chi connectivity index (χ1) is 12.6. The lowest BCUT2D eigenvalue weighted by Crippen LogP contribution is -2.46. The molecule has 2 aromatic rings. The highest BCUT2D eigenvalue weighted by atomic mass is 16.5. The number of pyridine rings is 1. The van der Waals surface area contributed by atoms with Crippen molar-refractivity contribution in [3.05, 3.63) is 29.5 Å². The fourth-order valence-corrected chi connectivity index (χ4v) is 3.92. The first kappa shape index (κ1) is 16.8. The van der Waals surface area contributed by atoms with E-state index in [1.54, 1.807) is 19.9 Å². The molecule has 4 heterocycles. The van der Waals surface area contributed by atoms with E-state index in [1.807, 2.05) is 23.9 Å². The maximum atomic E-state index is 12.3. The Morgan fingerprint density at radius 1 is 1.54 bits per heavy atom. The summed E-state index contributed by atoms with van der Waals surface area (Å²) in [6.45, 7) is 6.09. The minimum Gasteiger partial charge on any atom is -0.557 e. The van der Waals surface area contributed by atoms with Gasteiger partial charge in [-0.05, 0) is 24.8 Å². The summed E-state index contributed by atoms with van der Waals surface area (Å²) in [7, 11) is 1.62.